The van der Waals surface area contributed by atoms with E-state index < -0.39 is 17.7 Å². The maximum atomic E-state index is 13.1. The highest BCUT2D eigenvalue weighted by atomic mass is 35.5. The molecule has 9 heteroatoms. The minimum atomic E-state index is -0.825. The van der Waals surface area contributed by atoms with Crippen LogP contribution in [0.25, 0.3) is 5.76 Å². The van der Waals surface area contributed by atoms with Crippen LogP contribution in [0.2, 0.25) is 10.0 Å². The summed E-state index contributed by atoms with van der Waals surface area (Å²) in [6, 6.07) is 9.08. The van der Waals surface area contributed by atoms with E-state index in [1.165, 1.54) is 31.3 Å². The van der Waals surface area contributed by atoms with Crippen molar-refractivity contribution in [2.45, 2.75) is 32.4 Å². The molecule has 2 aromatic rings. The number of likely N-dealkylation sites (tertiary alicyclic amines) is 1. The number of hydrogen-bond acceptors (Lipinski definition) is 6. The van der Waals surface area contributed by atoms with Crippen LogP contribution in [0.5, 0.6) is 11.5 Å². The van der Waals surface area contributed by atoms with Gasteiger partial charge in [0.15, 0.2) is 5.75 Å². The zero-order valence-electron chi connectivity index (χ0n) is 19.4. The summed E-state index contributed by atoms with van der Waals surface area (Å²) in [5, 5.41) is 11.5. The van der Waals surface area contributed by atoms with Crippen molar-refractivity contribution < 1.29 is 28.9 Å². The van der Waals surface area contributed by atoms with Gasteiger partial charge in [0.1, 0.15) is 11.5 Å². The van der Waals surface area contributed by atoms with Crippen LogP contribution < -0.4 is 9.47 Å². The maximum Gasteiger partial charge on any atom is 0.295 e. The standard InChI is InChI=1S/C25H27Cl2NO6/c1-14(2)34-10-6-9-28-21(15-7-5-8-17(11-15)32-3)20(23(30)25(28)31)22(29)16-12-18(26)24(33-4)19(27)13-16/h5,7-8,11-14,21,29H,6,9-10H2,1-4H3/b22-20+. The molecule has 1 fully saturated rings. The second-order valence-corrected chi connectivity index (χ2v) is 8.83. The number of rotatable bonds is 9. The lowest BCUT2D eigenvalue weighted by Crippen LogP contribution is -2.31. The number of halogens is 2. The van der Waals surface area contributed by atoms with Gasteiger partial charge in [0.2, 0.25) is 0 Å². The van der Waals surface area contributed by atoms with E-state index in [0.29, 0.717) is 24.3 Å². The Hall–Kier alpha value is -2.74. The highest BCUT2D eigenvalue weighted by molar-refractivity contribution is 6.46. The number of benzene rings is 2. The van der Waals surface area contributed by atoms with E-state index in [4.69, 9.17) is 37.4 Å². The van der Waals surface area contributed by atoms with Crippen molar-refractivity contribution >= 4 is 40.7 Å². The highest BCUT2D eigenvalue weighted by Crippen LogP contribution is 2.42. The summed E-state index contributed by atoms with van der Waals surface area (Å²) in [6.07, 6.45) is 0.570. The molecule has 1 N–H and O–H groups in total. The van der Waals surface area contributed by atoms with E-state index in [9.17, 15) is 14.7 Å². The van der Waals surface area contributed by atoms with Crippen molar-refractivity contribution in [1.29, 1.82) is 0 Å². The highest BCUT2D eigenvalue weighted by Gasteiger charge is 2.46. The molecule has 1 aliphatic rings. The third-order valence-electron chi connectivity index (χ3n) is 5.42. The first-order chi connectivity index (χ1) is 16.2. The smallest absolute Gasteiger partial charge is 0.295 e. The number of ketones is 1. The summed E-state index contributed by atoms with van der Waals surface area (Å²) in [6.45, 7) is 4.54. The molecular formula is C25H27Cl2NO6. The molecule has 1 saturated heterocycles. The second kappa shape index (κ2) is 11.1. The van der Waals surface area contributed by atoms with E-state index in [1.807, 2.05) is 13.8 Å². The lowest BCUT2D eigenvalue weighted by atomic mass is 9.95. The van der Waals surface area contributed by atoms with E-state index >= 15 is 0 Å². The van der Waals surface area contributed by atoms with Gasteiger partial charge in [-0.15, -0.1) is 0 Å². The predicted molar refractivity (Wildman–Crippen MR) is 131 cm³/mol. The molecule has 182 valence electrons. The van der Waals surface area contributed by atoms with E-state index in [2.05, 4.69) is 0 Å². The number of nitrogens with zero attached hydrogens (tertiary/aromatic N) is 1. The number of aliphatic hydroxyl groups is 1. The molecule has 3 rings (SSSR count). The largest absolute Gasteiger partial charge is 0.507 e. The molecule has 0 aromatic heterocycles. The third-order valence-corrected chi connectivity index (χ3v) is 5.98. The average molecular weight is 508 g/mol. The van der Waals surface area contributed by atoms with Crippen LogP contribution in [0, 0.1) is 0 Å². The molecule has 1 atom stereocenters. The third kappa shape index (κ3) is 5.32. The summed E-state index contributed by atoms with van der Waals surface area (Å²) in [7, 11) is 2.95. The summed E-state index contributed by atoms with van der Waals surface area (Å²) in [5.41, 5.74) is 0.765. The number of carbonyl (C=O) groups is 2. The van der Waals surface area contributed by atoms with Gasteiger partial charge in [-0.05, 0) is 50.1 Å². The normalized spacial score (nSPS) is 17.5. The molecule has 0 bridgehead atoms. The maximum absolute atomic E-state index is 13.1. The predicted octanol–water partition coefficient (Wildman–Crippen LogP) is 5.25. The quantitative estimate of drug-likeness (QED) is 0.216. The topological polar surface area (TPSA) is 85.3 Å². The minimum Gasteiger partial charge on any atom is -0.507 e. The summed E-state index contributed by atoms with van der Waals surface area (Å²) >= 11 is 12.5. The lowest BCUT2D eigenvalue weighted by molar-refractivity contribution is -0.140. The van der Waals surface area contributed by atoms with Gasteiger partial charge in [0, 0.05) is 18.7 Å². The van der Waals surface area contributed by atoms with Crippen LogP contribution in [-0.2, 0) is 14.3 Å². The second-order valence-electron chi connectivity index (χ2n) is 8.02. The summed E-state index contributed by atoms with van der Waals surface area (Å²) < 4.78 is 16.1. The van der Waals surface area contributed by atoms with Crippen molar-refractivity contribution in [3.05, 3.63) is 63.1 Å². The average Bonchev–Trinajstić information content (AvgIpc) is 3.06. The van der Waals surface area contributed by atoms with Gasteiger partial charge in [-0.1, -0.05) is 35.3 Å². The molecule has 0 radical (unpaired) electrons. The van der Waals surface area contributed by atoms with E-state index in [-0.39, 0.29) is 45.3 Å². The molecule has 34 heavy (non-hydrogen) atoms. The van der Waals surface area contributed by atoms with Gasteiger partial charge < -0.3 is 24.2 Å². The Morgan fingerprint density at radius 1 is 1.09 bits per heavy atom. The number of amides is 1. The van der Waals surface area contributed by atoms with Crippen LogP contribution in [0.15, 0.2) is 42.0 Å². The molecule has 1 aliphatic heterocycles. The molecular weight excluding hydrogens is 481 g/mol. The zero-order valence-corrected chi connectivity index (χ0v) is 20.9. The van der Waals surface area contributed by atoms with Crippen molar-refractivity contribution in [2.24, 2.45) is 0 Å². The number of carbonyl (C=O) groups excluding carboxylic acids is 2. The van der Waals surface area contributed by atoms with Gasteiger partial charge in [-0.25, -0.2) is 0 Å². The Bertz CT molecular complexity index is 1090. The van der Waals surface area contributed by atoms with Gasteiger partial charge in [0.25, 0.3) is 11.7 Å². The van der Waals surface area contributed by atoms with Gasteiger partial charge in [-0.3, -0.25) is 9.59 Å². The first-order valence-corrected chi connectivity index (χ1v) is 11.5. The van der Waals surface area contributed by atoms with Crippen molar-refractivity contribution in [3.63, 3.8) is 0 Å². The van der Waals surface area contributed by atoms with Gasteiger partial charge >= 0.3 is 0 Å². The Kier molecular flexibility index (Phi) is 8.47. The first kappa shape index (κ1) is 25.9. The Labute approximate surface area is 208 Å². The fourth-order valence-corrected chi connectivity index (χ4v) is 4.51. The Morgan fingerprint density at radius 2 is 1.76 bits per heavy atom. The zero-order chi connectivity index (χ0) is 25.0. The number of aliphatic hydroxyl groups excluding tert-OH is 1. The van der Waals surface area contributed by atoms with Crippen molar-refractivity contribution in [3.8, 4) is 11.5 Å². The number of methoxy groups -OCH3 is 2. The fourth-order valence-electron chi connectivity index (χ4n) is 3.87. The van der Waals surface area contributed by atoms with E-state index in [1.54, 1.807) is 24.3 Å². The molecule has 1 amide bonds. The molecule has 1 heterocycles. The monoisotopic (exact) mass is 507 g/mol. The number of Topliss-reactive ketones (excluding diaryl/α,β-unsaturated/α-hetero) is 1. The van der Waals surface area contributed by atoms with Crippen LogP contribution in [0.4, 0.5) is 0 Å². The molecule has 1 unspecified atom stereocenters. The molecule has 0 aliphatic carbocycles. The minimum absolute atomic E-state index is 0.0502. The fraction of sp³-hybridized carbons (Fsp3) is 0.360. The van der Waals surface area contributed by atoms with Crippen molar-refractivity contribution in [2.75, 3.05) is 27.4 Å². The molecule has 0 saturated carbocycles. The number of ether oxygens (including phenoxy) is 3. The summed E-state index contributed by atoms with van der Waals surface area (Å²) in [4.78, 5) is 27.6. The summed E-state index contributed by atoms with van der Waals surface area (Å²) in [5.74, 6) is -1.07. The number of hydrogen-bond donors (Lipinski definition) is 1. The first-order valence-electron chi connectivity index (χ1n) is 10.8. The lowest BCUT2D eigenvalue weighted by Gasteiger charge is -2.26. The molecule has 0 spiro atoms. The molecule has 2 aromatic carbocycles. The Morgan fingerprint density at radius 3 is 2.35 bits per heavy atom. The Balaban J connectivity index is 2.11. The van der Waals surface area contributed by atoms with Crippen LogP contribution >= 0.6 is 23.2 Å². The van der Waals surface area contributed by atoms with Crippen LogP contribution in [0.1, 0.15) is 37.4 Å². The van der Waals surface area contributed by atoms with E-state index in [0.717, 1.165) is 0 Å². The van der Waals surface area contributed by atoms with Crippen LogP contribution in [-0.4, -0.2) is 55.2 Å². The van der Waals surface area contributed by atoms with Gasteiger partial charge in [0.05, 0.1) is 42.0 Å². The van der Waals surface area contributed by atoms with Crippen molar-refractivity contribution in [1.82, 2.24) is 4.90 Å². The van der Waals surface area contributed by atoms with Gasteiger partial charge in [-0.2, -0.15) is 0 Å². The molecule has 7 nitrogen and oxygen atoms in total. The van der Waals surface area contributed by atoms with Crippen LogP contribution in [0.3, 0.4) is 0 Å². The SMILES string of the molecule is COc1cccc(C2/C(=C(\O)c3cc(Cl)c(OC)c(Cl)c3)C(=O)C(=O)N2CCCOC(C)C)c1.